The van der Waals surface area contributed by atoms with E-state index < -0.39 is 5.60 Å². The monoisotopic (exact) mass is 280 g/mol. The highest BCUT2D eigenvalue weighted by Crippen LogP contribution is 2.15. The molecule has 0 heterocycles. The van der Waals surface area contributed by atoms with Crippen LogP contribution in [0.3, 0.4) is 0 Å². The van der Waals surface area contributed by atoms with E-state index in [0.29, 0.717) is 26.1 Å². The van der Waals surface area contributed by atoms with Gasteiger partial charge in [-0.05, 0) is 18.6 Å². The number of aliphatic hydroxyl groups is 1. The van der Waals surface area contributed by atoms with Gasteiger partial charge in [0.2, 0.25) is 5.91 Å². The smallest absolute Gasteiger partial charge is 0.221 e. The Kier molecular flexibility index (Phi) is 6.64. The number of para-hydroxylation sites is 1. The summed E-state index contributed by atoms with van der Waals surface area (Å²) in [6.45, 7) is 4.83. The number of methoxy groups -OCH3 is 1. The molecule has 1 aromatic carbocycles. The van der Waals surface area contributed by atoms with Crippen LogP contribution in [-0.4, -0.2) is 36.9 Å². The molecule has 0 bridgehead atoms. The van der Waals surface area contributed by atoms with Crippen molar-refractivity contribution in [3.63, 3.8) is 0 Å². The largest absolute Gasteiger partial charge is 0.389 e. The van der Waals surface area contributed by atoms with E-state index in [1.165, 1.54) is 6.92 Å². The Balaban J connectivity index is 2.51. The van der Waals surface area contributed by atoms with Crippen LogP contribution in [0.1, 0.15) is 25.8 Å². The average molecular weight is 280 g/mol. The van der Waals surface area contributed by atoms with Gasteiger partial charge in [-0.2, -0.15) is 0 Å². The first-order valence-corrected chi connectivity index (χ1v) is 6.72. The molecule has 1 unspecified atom stereocenters. The molecule has 5 nitrogen and oxygen atoms in total. The second-order valence-corrected chi connectivity index (χ2v) is 5.18. The summed E-state index contributed by atoms with van der Waals surface area (Å²) in [5, 5.41) is 16.1. The van der Waals surface area contributed by atoms with Crippen molar-refractivity contribution in [1.82, 2.24) is 5.32 Å². The minimum atomic E-state index is -0.807. The Hall–Kier alpha value is -1.43. The molecule has 0 aliphatic rings. The molecule has 0 aromatic heterocycles. The molecule has 5 heteroatoms. The first-order chi connectivity index (χ1) is 9.44. The number of carbonyl (C=O) groups is 1. The Labute approximate surface area is 120 Å². The molecule has 112 valence electrons. The number of anilines is 1. The van der Waals surface area contributed by atoms with E-state index in [4.69, 9.17) is 4.74 Å². The lowest BCUT2D eigenvalue weighted by atomic mass is 10.0. The molecule has 0 spiro atoms. The van der Waals surface area contributed by atoms with Gasteiger partial charge in [0.05, 0.1) is 5.60 Å². The van der Waals surface area contributed by atoms with Crippen LogP contribution >= 0.6 is 0 Å². The highest BCUT2D eigenvalue weighted by molar-refractivity contribution is 5.89. The standard InChI is InChI=1S/C15H24N2O3/c1-12(18)17-14-7-5-4-6-13(14)10-16-11-15(2,19)8-9-20-3/h4-7,16,19H,8-11H2,1-3H3,(H,17,18). The van der Waals surface area contributed by atoms with Gasteiger partial charge in [0, 0.05) is 45.8 Å². The fourth-order valence-corrected chi connectivity index (χ4v) is 1.86. The molecule has 20 heavy (non-hydrogen) atoms. The predicted molar refractivity (Wildman–Crippen MR) is 79.6 cm³/mol. The summed E-state index contributed by atoms with van der Waals surface area (Å²) in [6.07, 6.45) is 0.573. The zero-order valence-corrected chi connectivity index (χ0v) is 12.4. The van der Waals surface area contributed by atoms with Crippen molar-refractivity contribution in [1.29, 1.82) is 0 Å². The van der Waals surface area contributed by atoms with E-state index in [-0.39, 0.29) is 5.91 Å². The molecule has 0 aliphatic carbocycles. The number of rotatable bonds is 8. The van der Waals surface area contributed by atoms with Gasteiger partial charge in [-0.15, -0.1) is 0 Å². The van der Waals surface area contributed by atoms with Gasteiger partial charge < -0.3 is 20.5 Å². The third-order valence-corrected chi connectivity index (χ3v) is 2.99. The van der Waals surface area contributed by atoms with Crippen molar-refractivity contribution >= 4 is 11.6 Å². The number of hydrogen-bond acceptors (Lipinski definition) is 4. The van der Waals surface area contributed by atoms with E-state index in [0.717, 1.165) is 11.3 Å². The SMILES string of the molecule is COCCC(C)(O)CNCc1ccccc1NC(C)=O. The molecule has 3 N–H and O–H groups in total. The summed E-state index contributed by atoms with van der Waals surface area (Å²) in [6, 6.07) is 7.61. The summed E-state index contributed by atoms with van der Waals surface area (Å²) < 4.78 is 4.97. The second-order valence-electron chi connectivity index (χ2n) is 5.18. The van der Waals surface area contributed by atoms with Crippen LogP contribution in [0.4, 0.5) is 5.69 Å². The summed E-state index contributed by atoms with van der Waals surface area (Å²) in [5.41, 5.74) is 0.980. The van der Waals surface area contributed by atoms with Crippen molar-refractivity contribution in [2.45, 2.75) is 32.4 Å². The van der Waals surface area contributed by atoms with E-state index >= 15 is 0 Å². The molecule has 0 fully saturated rings. The van der Waals surface area contributed by atoms with Crippen LogP contribution in [0.2, 0.25) is 0 Å². The Morgan fingerprint density at radius 1 is 1.40 bits per heavy atom. The fourth-order valence-electron chi connectivity index (χ4n) is 1.86. The highest BCUT2D eigenvalue weighted by atomic mass is 16.5. The quantitative estimate of drug-likeness (QED) is 0.675. The zero-order chi connectivity index (χ0) is 15.0. The number of amides is 1. The van der Waals surface area contributed by atoms with E-state index in [1.807, 2.05) is 24.3 Å². The number of hydrogen-bond donors (Lipinski definition) is 3. The van der Waals surface area contributed by atoms with Crippen LogP contribution < -0.4 is 10.6 Å². The highest BCUT2D eigenvalue weighted by Gasteiger charge is 2.19. The van der Waals surface area contributed by atoms with Gasteiger partial charge in [0.25, 0.3) is 0 Å². The maximum atomic E-state index is 11.1. The van der Waals surface area contributed by atoms with Gasteiger partial charge in [0.15, 0.2) is 0 Å². The fraction of sp³-hybridized carbons (Fsp3) is 0.533. The van der Waals surface area contributed by atoms with Crippen LogP contribution in [-0.2, 0) is 16.1 Å². The van der Waals surface area contributed by atoms with E-state index in [1.54, 1.807) is 14.0 Å². The zero-order valence-electron chi connectivity index (χ0n) is 12.4. The summed E-state index contributed by atoms with van der Waals surface area (Å²) in [7, 11) is 1.62. The lowest BCUT2D eigenvalue weighted by Crippen LogP contribution is -2.38. The molecular weight excluding hydrogens is 256 g/mol. The lowest BCUT2D eigenvalue weighted by Gasteiger charge is -2.23. The van der Waals surface area contributed by atoms with Crippen LogP contribution in [0.5, 0.6) is 0 Å². The summed E-state index contributed by atoms with van der Waals surface area (Å²) >= 11 is 0. The van der Waals surface area contributed by atoms with Gasteiger partial charge >= 0.3 is 0 Å². The van der Waals surface area contributed by atoms with Gasteiger partial charge in [-0.3, -0.25) is 4.79 Å². The molecule has 1 aromatic rings. The Morgan fingerprint density at radius 3 is 2.75 bits per heavy atom. The van der Waals surface area contributed by atoms with E-state index in [9.17, 15) is 9.90 Å². The van der Waals surface area contributed by atoms with Crippen molar-refractivity contribution in [3.05, 3.63) is 29.8 Å². The third-order valence-electron chi connectivity index (χ3n) is 2.99. The van der Waals surface area contributed by atoms with Gasteiger partial charge in [0.1, 0.15) is 0 Å². The lowest BCUT2D eigenvalue weighted by molar-refractivity contribution is -0.114. The Morgan fingerprint density at radius 2 is 2.10 bits per heavy atom. The maximum absolute atomic E-state index is 11.1. The maximum Gasteiger partial charge on any atom is 0.221 e. The molecule has 0 saturated heterocycles. The number of ether oxygens (including phenoxy) is 1. The molecular formula is C15H24N2O3. The second kappa shape index (κ2) is 7.99. The average Bonchev–Trinajstić information content (AvgIpc) is 2.38. The summed E-state index contributed by atoms with van der Waals surface area (Å²) in [5.74, 6) is -0.0930. The molecule has 0 saturated carbocycles. The molecule has 1 amide bonds. The van der Waals surface area contributed by atoms with Crippen LogP contribution in [0.25, 0.3) is 0 Å². The number of nitrogens with one attached hydrogen (secondary N) is 2. The van der Waals surface area contributed by atoms with Gasteiger partial charge in [-0.1, -0.05) is 18.2 Å². The number of benzene rings is 1. The van der Waals surface area contributed by atoms with Crippen molar-refractivity contribution < 1.29 is 14.6 Å². The van der Waals surface area contributed by atoms with Gasteiger partial charge in [-0.25, -0.2) is 0 Å². The number of carbonyl (C=O) groups excluding carboxylic acids is 1. The molecule has 0 radical (unpaired) electrons. The van der Waals surface area contributed by atoms with Crippen LogP contribution in [0.15, 0.2) is 24.3 Å². The van der Waals surface area contributed by atoms with E-state index in [2.05, 4.69) is 10.6 Å². The first-order valence-electron chi connectivity index (χ1n) is 6.72. The predicted octanol–water partition coefficient (Wildman–Crippen LogP) is 1.52. The Bertz CT molecular complexity index is 433. The molecule has 1 atom stereocenters. The summed E-state index contributed by atoms with van der Waals surface area (Å²) in [4.78, 5) is 11.1. The van der Waals surface area contributed by atoms with Crippen molar-refractivity contribution in [2.24, 2.45) is 0 Å². The minimum absolute atomic E-state index is 0.0930. The van der Waals surface area contributed by atoms with Crippen LogP contribution in [0, 0.1) is 0 Å². The topological polar surface area (TPSA) is 70.6 Å². The third kappa shape index (κ3) is 6.14. The minimum Gasteiger partial charge on any atom is -0.389 e. The van der Waals surface area contributed by atoms with Crippen molar-refractivity contribution in [2.75, 3.05) is 25.6 Å². The first kappa shape index (κ1) is 16.6. The molecule has 0 aliphatic heterocycles. The molecule has 1 rings (SSSR count). The normalized spacial score (nSPS) is 13.8. The van der Waals surface area contributed by atoms with Crippen molar-refractivity contribution in [3.8, 4) is 0 Å².